The molecule has 0 saturated heterocycles. The molecule has 1 N–H and O–H groups in total. The quantitative estimate of drug-likeness (QED) is 0.776. The minimum Gasteiger partial charge on any atom is -0.211 e. The molecule has 0 aliphatic heterocycles. The van der Waals surface area contributed by atoms with Crippen LogP contribution in [-0.2, 0) is 10.0 Å². The number of nitrogens with one attached hydrogen (secondary N) is 1. The number of thioether (sulfide) groups is 1. The number of hydrogen-bond acceptors (Lipinski definition) is 3. The lowest BCUT2D eigenvalue weighted by molar-refractivity contribution is 0.516. The van der Waals surface area contributed by atoms with Gasteiger partial charge in [0.1, 0.15) is 0 Å². The molecule has 5 heteroatoms. The van der Waals surface area contributed by atoms with Crippen molar-refractivity contribution in [3.8, 4) is 0 Å². The van der Waals surface area contributed by atoms with Gasteiger partial charge in [-0.25, -0.2) is 13.1 Å². The monoisotopic (exact) mass is 327 g/mol. The van der Waals surface area contributed by atoms with Crippen LogP contribution in [0.4, 0.5) is 0 Å². The van der Waals surface area contributed by atoms with E-state index in [1.807, 2.05) is 30.8 Å². The molecule has 1 aromatic rings. The van der Waals surface area contributed by atoms with Gasteiger partial charge in [0.25, 0.3) is 0 Å². The largest absolute Gasteiger partial charge is 0.240 e. The normalized spacial score (nSPS) is 17.0. The zero-order chi connectivity index (χ0) is 15.1. The zero-order valence-electron chi connectivity index (χ0n) is 12.7. The maximum atomic E-state index is 12.1. The van der Waals surface area contributed by atoms with E-state index < -0.39 is 10.0 Å². The average molecular weight is 328 g/mol. The Morgan fingerprint density at radius 1 is 1.14 bits per heavy atom. The fourth-order valence-corrected chi connectivity index (χ4v) is 4.95. The maximum absolute atomic E-state index is 12.1. The maximum Gasteiger partial charge on any atom is 0.240 e. The standard InChI is InChI=1S/C16H25NO2S2/c1-14-8-10-16(11-9-14)21(18,19)17-12-5-13-20-15-6-3-2-4-7-15/h8-11,15,17H,2-7,12-13H2,1H3. The van der Waals surface area contributed by atoms with Crippen molar-refractivity contribution in [3.63, 3.8) is 0 Å². The summed E-state index contributed by atoms with van der Waals surface area (Å²) in [7, 11) is -3.34. The highest BCUT2D eigenvalue weighted by Crippen LogP contribution is 2.28. The SMILES string of the molecule is Cc1ccc(S(=O)(=O)NCCCSC2CCCCC2)cc1. The molecular weight excluding hydrogens is 302 g/mol. The molecule has 21 heavy (non-hydrogen) atoms. The summed E-state index contributed by atoms with van der Waals surface area (Å²) >= 11 is 2.01. The number of benzene rings is 1. The summed E-state index contributed by atoms with van der Waals surface area (Å²) in [6.07, 6.45) is 7.66. The fraction of sp³-hybridized carbons (Fsp3) is 0.625. The van der Waals surface area contributed by atoms with E-state index in [1.54, 1.807) is 12.1 Å². The van der Waals surface area contributed by atoms with Crippen LogP contribution in [0.15, 0.2) is 29.2 Å². The molecule has 0 amide bonds. The summed E-state index contributed by atoms with van der Waals surface area (Å²) < 4.78 is 26.9. The number of hydrogen-bond donors (Lipinski definition) is 1. The molecular formula is C16H25NO2S2. The second-order valence-corrected chi connectivity index (χ2v) is 8.87. The van der Waals surface area contributed by atoms with Crippen molar-refractivity contribution in [3.05, 3.63) is 29.8 Å². The predicted octanol–water partition coefficient (Wildman–Crippen LogP) is 3.73. The molecule has 1 fully saturated rings. The van der Waals surface area contributed by atoms with Gasteiger partial charge < -0.3 is 0 Å². The van der Waals surface area contributed by atoms with Gasteiger partial charge in [-0.05, 0) is 44.1 Å². The van der Waals surface area contributed by atoms with E-state index in [4.69, 9.17) is 0 Å². The Morgan fingerprint density at radius 3 is 2.48 bits per heavy atom. The van der Waals surface area contributed by atoms with Crippen LogP contribution in [-0.4, -0.2) is 26.0 Å². The van der Waals surface area contributed by atoms with E-state index in [0.29, 0.717) is 11.4 Å². The molecule has 0 aromatic heterocycles. The van der Waals surface area contributed by atoms with Gasteiger partial charge in [0, 0.05) is 11.8 Å². The summed E-state index contributed by atoms with van der Waals surface area (Å²) in [4.78, 5) is 0.355. The Balaban J connectivity index is 1.68. The van der Waals surface area contributed by atoms with Crippen molar-refractivity contribution in [2.24, 2.45) is 0 Å². The van der Waals surface area contributed by atoms with Crippen LogP contribution in [0, 0.1) is 6.92 Å². The molecule has 0 heterocycles. The van der Waals surface area contributed by atoms with E-state index in [9.17, 15) is 8.42 Å². The highest BCUT2D eigenvalue weighted by atomic mass is 32.2. The molecule has 0 spiro atoms. The van der Waals surface area contributed by atoms with Gasteiger partial charge in [-0.1, -0.05) is 37.0 Å². The van der Waals surface area contributed by atoms with Crippen LogP contribution in [0.2, 0.25) is 0 Å². The van der Waals surface area contributed by atoms with E-state index in [-0.39, 0.29) is 0 Å². The third-order valence-corrected chi connectivity index (χ3v) is 6.79. The van der Waals surface area contributed by atoms with Crippen LogP contribution < -0.4 is 4.72 Å². The molecule has 118 valence electrons. The van der Waals surface area contributed by atoms with Crippen LogP contribution >= 0.6 is 11.8 Å². The van der Waals surface area contributed by atoms with Gasteiger partial charge in [0.2, 0.25) is 10.0 Å². The second-order valence-electron chi connectivity index (χ2n) is 5.70. The van der Waals surface area contributed by atoms with Crippen molar-refractivity contribution < 1.29 is 8.42 Å². The molecule has 0 atom stereocenters. The Morgan fingerprint density at radius 2 is 1.81 bits per heavy atom. The smallest absolute Gasteiger partial charge is 0.211 e. The summed E-state index contributed by atoms with van der Waals surface area (Å²) in [6.45, 7) is 2.47. The summed E-state index contributed by atoms with van der Waals surface area (Å²) in [5.74, 6) is 1.04. The number of aryl methyl sites for hydroxylation is 1. The van der Waals surface area contributed by atoms with Crippen LogP contribution in [0.5, 0.6) is 0 Å². The number of sulfonamides is 1. The van der Waals surface area contributed by atoms with E-state index >= 15 is 0 Å². The zero-order valence-corrected chi connectivity index (χ0v) is 14.3. The summed E-state index contributed by atoms with van der Waals surface area (Å²) in [5, 5.41) is 0.799. The van der Waals surface area contributed by atoms with Gasteiger partial charge in [-0.2, -0.15) is 11.8 Å². The lowest BCUT2D eigenvalue weighted by Crippen LogP contribution is -2.25. The van der Waals surface area contributed by atoms with E-state index in [0.717, 1.165) is 23.0 Å². The minimum absolute atomic E-state index is 0.355. The highest BCUT2D eigenvalue weighted by molar-refractivity contribution is 7.99. The molecule has 1 aliphatic rings. The van der Waals surface area contributed by atoms with Crippen molar-refractivity contribution >= 4 is 21.8 Å². The first-order valence-electron chi connectivity index (χ1n) is 7.76. The molecule has 1 aliphatic carbocycles. The second kappa shape index (κ2) is 8.20. The fourth-order valence-electron chi connectivity index (χ4n) is 2.56. The highest BCUT2D eigenvalue weighted by Gasteiger charge is 2.14. The van der Waals surface area contributed by atoms with Crippen LogP contribution in [0.3, 0.4) is 0 Å². The van der Waals surface area contributed by atoms with Gasteiger partial charge in [0.15, 0.2) is 0 Å². The van der Waals surface area contributed by atoms with Crippen LogP contribution in [0.25, 0.3) is 0 Å². The lowest BCUT2D eigenvalue weighted by Gasteiger charge is -2.20. The predicted molar refractivity (Wildman–Crippen MR) is 90.3 cm³/mol. The molecule has 1 saturated carbocycles. The van der Waals surface area contributed by atoms with Gasteiger partial charge >= 0.3 is 0 Å². The molecule has 0 radical (unpaired) electrons. The Hall–Kier alpha value is -0.520. The first-order chi connectivity index (χ1) is 10.1. The summed E-state index contributed by atoms with van der Waals surface area (Å²) in [6, 6.07) is 6.98. The Labute approximate surface area is 133 Å². The third-order valence-electron chi connectivity index (χ3n) is 3.85. The van der Waals surface area contributed by atoms with Crippen molar-refractivity contribution in [1.29, 1.82) is 0 Å². The lowest BCUT2D eigenvalue weighted by atomic mass is 10.0. The molecule has 3 nitrogen and oxygen atoms in total. The van der Waals surface area contributed by atoms with Crippen LogP contribution in [0.1, 0.15) is 44.1 Å². The molecule has 1 aromatic carbocycles. The van der Waals surface area contributed by atoms with Gasteiger partial charge in [0.05, 0.1) is 4.90 Å². The average Bonchev–Trinajstić information content (AvgIpc) is 2.48. The topological polar surface area (TPSA) is 46.2 Å². The molecule has 0 unspecified atom stereocenters. The Kier molecular flexibility index (Phi) is 6.58. The van der Waals surface area contributed by atoms with E-state index in [2.05, 4.69) is 4.72 Å². The summed E-state index contributed by atoms with van der Waals surface area (Å²) in [5.41, 5.74) is 1.07. The third kappa shape index (κ3) is 5.64. The molecule has 0 bridgehead atoms. The van der Waals surface area contributed by atoms with Crippen molar-refractivity contribution in [1.82, 2.24) is 4.72 Å². The first-order valence-corrected chi connectivity index (χ1v) is 10.3. The van der Waals surface area contributed by atoms with E-state index in [1.165, 1.54) is 32.1 Å². The van der Waals surface area contributed by atoms with Gasteiger partial charge in [-0.3, -0.25) is 0 Å². The Bertz CT molecular complexity index is 520. The van der Waals surface area contributed by atoms with Crippen molar-refractivity contribution in [2.75, 3.05) is 12.3 Å². The number of rotatable bonds is 7. The minimum atomic E-state index is -3.34. The van der Waals surface area contributed by atoms with Gasteiger partial charge in [-0.15, -0.1) is 0 Å². The first kappa shape index (κ1) is 16.8. The van der Waals surface area contributed by atoms with Crippen molar-refractivity contribution in [2.45, 2.75) is 55.6 Å². The molecule has 2 rings (SSSR count).